The Morgan fingerprint density at radius 2 is 1.91 bits per heavy atom. The van der Waals surface area contributed by atoms with Crippen LogP contribution in [0.5, 0.6) is 0 Å². The molecule has 0 bridgehead atoms. The van der Waals surface area contributed by atoms with Gasteiger partial charge in [0.1, 0.15) is 0 Å². The van der Waals surface area contributed by atoms with Crippen LogP contribution in [0.25, 0.3) is 16.6 Å². The summed E-state index contributed by atoms with van der Waals surface area (Å²) >= 11 is 0. The second-order valence-corrected chi connectivity index (χ2v) is 8.67. The molecule has 0 aromatic carbocycles. The van der Waals surface area contributed by atoms with E-state index >= 15 is 0 Å². The van der Waals surface area contributed by atoms with Gasteiger partial charge in [-0.15, -0.1) is 10.2 Å². The minimum absolute atomic E-state index is 0.0841. The van der Waals surface area contributed by atoms with E-state index in [0.717, 1.165) is 17.2 Å². The molecule has 0 aliphatic carbocycles. The lowest BCUT2D eigenvalue weighted by Crippen LogP contribution is -2.30. The van der Waals surface area contributed by atoms with Gasteiger partial charge in [-0.1, -0.05) is 6.92 Å². The summed E-state index contributed by atoms with van der Waals surface area (Å²) in [5.74, 6) is -0.186. The maximum Gasteiger partial charge on any atom is 0.435 e. The van der Waals surface area contributed by atoms with E-state index in [2.05, 4.69) is 25.7 Å². The van der Waals surface area contributed by atoms with Gasteiger partial charge in [-0.25, -0.2) is 4.52 Å². The number of aromatic nitrogens is 6. The van der Waals surface area contributed by atoms with Crippen molar-refractivity contribution in [2.45, 2.75) is 19.1 Å². The summed E-state index contributed by atoms with van der Waals surface area (Å²) in [6.07, 6.45) is 2.32. The van der Waals surface area contributed by atoms with Crippen LogP contribution in [-0.2, 0) is 13.2 Å². The zero-order valence-electron chi connectivity index (χ0n) is 18.9. The quantitative estimate of drug-likeness (QED) is 0.446. The summed E-state index contributed by atoms with van der Waals surface area (Å²) in [7, 11) is 1.82. The van der Waals surface area contributed by atoms with Crippen LogP contribution in [0.3, 0.4) is 0 Å². The van der Waals surface area contributed by atoms with E-state index in [1.165, 1.54) is 12.3 Å². The fraction of sp³-hybridized carbons (Fsp3) is 0.318. The largest absolute Gasteiger partial charge is 0.435 e. The topological polar surface area (TPSA) is 119 Å². The number of fused-ring (bicyclic) bond motifs is 1. The molecule has 1 aliphatic heterocycles. The van der Waals surface area contributed by atoms with Crippen LogP contribution in [0.15, 0.2) is 43.0 Å². The predicted octanol–water partition coefficient (Wildman–Crippen LogP) is 2.58. The third-order valence-electron chi connectivity index (χ3n) is 6.15. The van der Waals surface area contributed by atoms with Crippen molar-refractivity contribution in [3.8, 4) is 11.1 Å². The van der Waals surface area contributed by atoms with Gasteiger partial charge in [-0.05, 0) is 24.1 Å². The van der Waals surface area contributed by atoms with Crippen molar-refractivity contribution in [3.63, 3.8) is 0 Å². The Balaban J connectivity index is 1.44. The van der Waals surface area contributed by atoms with E-state index in [0.29, 0.717) is 30.1 Å². The number of hydrogen-bond donors (Lipinski definition) is 2. The summed E-state index contributed by atoms with van der Waals surface area (Å²) in [5, 5.41) is 19.1. The standard InChI is InChI=1S/C22H22F3N9O/c1-12-8-33(19-4-3-18(30-31-19)22(23,24)25)11-16(12)29-20-15(21(26)35)7-28-34-10-13(5-17(20)34)14-6-27-32(2)9-14/h3-7,9-10,12,16,29H,8,11H2,1-2H3,(H2,26,35)/t12-,16-/m1/s1. The number of amides is 1. The molecule has 5 rings (SSSR count). The molecule has 0 spiro atoms. The van der Waals surface area contributed by atoms with Gasteiger partial charge in [0, 0.05) is 49.7 Å². The van der Waals surface area contributed by atoms with E-state index < -0.39 is 17.8 Å². The van der Waals surface area contributed by atoms with Crippen LogP contribution in [0, 0.1) is 5.92 Å². The van der Waals surface area contributed by atoms with Gasteiger partial charge in [0.15, 0.2) is 11.5 Å². The fourth-order valence-corrected chi connectivity index (χ4v) is 4.30. The Bertz CT molecular complexity index is 1390. The zero-order chi connectivity index (χ0) is 24.9. The molecule has 13 heteroatoms. The molecule has 5 heterocycles. The summed E-state index contributed by atoms with van der Waals surface area (Å²) in [4.78, 5) is 14.1. The third kappa shape index (κ3) is 4.24. The first-order valence-electron chi connectivity index (χ1n) is 10.8. The molecule has 1 fully saturated rings. The lowest BCUT2D eigenvalue weighted by Gasteiger charge is -2.20. The minimum atomic E-state index is -4.54. The van der Waals surface area contributed by atoms with E-state index in [4.69, 9.17) is 5.73 Å². The number of carbonyl (C=O) groups excluding carboxylic acids is 1. The predicted molar refractivity (Wildman–Crippen MR) is 122 cm³/mol. The van der Waals surface area contributed by atoms with Crippen LogP contribution in [0.1, 0.15) is 23.0 Å². The molecule has 0 saturated carbocycles. The molecule has 4 aromatic heterocycles. The number of rotatable bonds is 5. The van der Waals surface area contributed by atoms with Gasteiger partial charge in [-0.3, -0.25) is 9.48 Å². The van der Waals surface area contributed by atoms with Crippen LogP contribution >= 0.6 is 0 Å². The number of anilines is 2. The third-order valence-corrected chi connectivity index (χ3v) is 6.15. The minimum Gasteiger partial charge on any atom is -0.378 e. The smallest absolute Gasteiger partial charge is 0.378 e. The summed E-state index contributed by atoms with van der Waals surface area (Å²) in [6.45, 7) is 3.01. The first kappa shape index (κ1) is 22.6. The molecule has 35 heavy (non-hydrogen) atoms. The highest BCUT2D eigenvalue weighted by Gasteiger charge is 2.35. The maximum absolute atomic E-state index is 12.8. The SMILES string of the molecule is C[C@@H]1CN(c2ccc(C(F)(F)F)nn2)C[C@H]1Nc1c(C(N)=O)cnn2cc(-c3cnn(C)c3)cc12. The van der Waals surface area contributed by atoms with E-state index in [9.17, 15) is 18.0 Å². The highest BCUT2D eigenvalue weighted by Crippen LogP contribution is 2.32. The molecule has 0 radical (unpaired) electrons. The van der Waals surface area contributed by atoms with Gasteiger partial charge in [0.2, 0.25) is 0 Å². The first-order valence-corrected chi connectivity index (χ1v) is 10.8. The Labute approximate surface area is 197 Å². The Hall–Kier alpha value is -4.16. The Morgan fingerprint density at radius 3 is 2.54 bits per heavy atom. The van der Waals surface area contributed by atoms with Gasteiger partial charge >= 0.3 is 6.18 Å². The number of halogens is 3. The monoisotopic (exact) mass is 485 g/mol. The second kappa shape index (κ2) is 8.25. The number of nitrogens with two attached hydrogens (primary N) is 1. The molecule has 1 amide bonds. The van der Waals surface area contributed by atoms with E-state index in [1.54, 1.807) is 15.4 Å². The zero-order valence-corrected chi connectivity index (χ0v) is 18.9. The van der Waals surface area contributed by atoms with Crippen LogP contribution in [0.4, 0.5) is 24.7 Å². The van der Waals surface area contributed by atoms with Crippen molar-refractivity contribution in [3.05, 3.63) is 54.2 Å². The van der Waals surface area contributed by atoms with Crippen molar-refractivity contribution in [1.29, 1.82) is 0 Å². The van der Waals surface area contributed by atoms with Gasteiger partial charge < -0.3 is 16.0 Å². The van der Waals surface area contributed by atoms with Gasteiger partial charge in [0.25, 0.3) is 5.91 Å². The summed E-state index contributed by atoms with van der Waals surface area (Å²) in [5.41, 5.74) is 7.82. The number of carbonyl (C=O) groups is 1. The molecule has 0 unspecified atom stereocenters. The molecule has 1 saturated heterocycles. The van der Waals surface area contributed by atoms with Gasteiger partial charge in [0.05, 0.1) is 29.2 Å². The first-order chi connectivity index (χ1) is 16.6. The fourth-order valence-electron chi connectivity index (χ4n) is 4.30. The number of hydrogen-bond acceptors (Lipinski definition) is 7. The molecule has 4 aromatic rings. The summed E-state index contributed by atoms with van der Waals surface area (Å²) in [6, 6.07) is 4.00. The molecule has 10 nitrogen and oxygen atoms in total. The molecule has 2 atom stereocenters. The molecule has 182 valence electrons. The van der Waals surface area contributed by atoms with Crippen LogP contribution < -0.4 is 16.0 Å². The molecular formula is C22H22F3N9O. The van der Waals surface area contributed by atoms with Crippen molar-refractivity contribution >= 4 is 22.9 Å². The van der Waals surface area contributed by atoms with Crippen LogP contribution in [0.2, 0.25) is 0 Å². The Kier molecular flexibility index (Phi) is 5.33. The molecule has 3 N–H and O–H groups in total. The highest BCUT2D eigenvalue weighted by molar-refractivity contribution is 6.02. The van der Waals surface area contributed by atoms with Gasteiger partial charge in [-0.2, -0.15) is 23.4 Å². The van der Waals surface area contributed by atoms with Crippen molar-refractivity contribution in [2.24, 2.45) is 18.7 Å². The number of alkyl halides is 3. The van der Waals surface area contributed by atoms with E-state index in [-0.39, 0.29) is 17.5 Å². The van der Waals surface area contributed by atoms with Crippen molar-refractivity contribution in [1.82, 2.24) is 29.6 Å². The normalized spacial score (nSPS) is 18.4. The second-order valence-electron chi connectivity index (χ2n) is 8.67. The maximum atomic E-state index is 12.8. The highest BCUT2D eigenvalue weighted by atomic mass is 19.4. The van der Waals surface area contributed by atoms with Crippen LogP contribution in [-0.4, -0.2) is 54.6 Å². The van der Waals surface area contributed by atoms with Crippen molar-refractivity contribution < 1.29 is 18.0 Å². The lowest BCUT2D eigenvalue weighted by molar-refractivity contribution is -0.141. The number of aryl methyl sites for hydroxylation is 1. The summed E-state index contributed by atoms with van der Waals surface area (Å²) < 4.78 is 41.8. The number of nitrogens with one attached hydrogen (secondary N) is 1. The lowest BCUT2D eigenvalue weighted by atomic mass is 10.1. The average molecular weight is 485 g/mol. The van der Waals surface area contributed by atoms with E-state index in [1.807, 2.05) is 37.3 Å². The van der Waals surface area contributed by atoms with Crippen molar-refractivity contribution in [2.75, 3.05) is 23.3 Å². The average Bonchev–Trinajstić information content (AvgIpc) is 3.52. The number of nitrogens with zero attached hydrogens (tertiary/aromatic N) is 7. The Morgan fingerprint density at radius 1 is 1.11 bits per heavy atom. The number of primary amides is 1. The molecule has 1 aliphatic rings. The molecular weight excluding hydrogens is 463 g/mol.